The molecule has 2 aliphatic heterocycles. The van der Waals surface area contributed by atoms with Crippen LogP contribution in [0.25, 0.3) is 0 Å². The fourth-order valence-corrected chi connectivity index (χ4v) is 2.78. The largest absolute Gasteiger partial charge is 0.296 e. The molecule has 2 aliphatic rings. The third-order valence-corrected chi connectivity index (χ3v) is 3.81. The highest BCUT2D eigenvalue weighted by atomic mass is 16.2. The number of nitrogens with zero attached hydrogens (tertiary/aromatic N) is 4. The number of fused-ring (bicyclic) bond motifs is 2. The Bertz CT molecular complexity index is 540. The highest BCUT2D eigenvalue weighted by Gasteiger charge is 2.37. The molecule has 1 aromatic heterocycles. The Balaban J connectivity index is 1.86. The molecule has 106 valence electrons. The van der Waals surface area contributed by atoms with Gasteiger partial charge in [0.1, 0.15) is 5.82 Å². The van der Waals surface area contributed by atoms with Gasteiger partial charge in [-0.15, -0.1) is 0 Å². The van der Waals surface area contributed by atoms with Crippen molar-refractivity contribution in [3.05, 3.63) is 23.9 Å². The van der Waals surface area contributed by atoms with Crippen LogP contribution in [-0.2, 0) is 0 Å². The average Bonchev–Trinajstić information content (AvgIpc) is 2.96. The van der Waals surface area contributed by atoms with Gasteiger partial charge < -0.3 is 0 Å². The minimum Gasteiger partial charge on any atom is -0.296 e. The number of rotatable bonds is 5. The Morgan fingerprint density at radius 1 is 1.30 bits per heavy atom. The van der Waals surface area contributed by atoms with Gasteiger partial charge in [-0.2, -0.15) is 0 Å². The first kappa shape index (κ1) is 13.1. The number of aromatic nitrogens is 1. The number of aliphatic imine (C=N–C) groups is 1. The van der Waals surface area contributed by atoms with Crippen LogP contribution >= 0.6 is 0 Å². The molecule has 0 aromatic carbocycles. The molecule has 3 rings (SSSR count). The summed E-state index contributed by atoms with van der Waals surface area (Å²) in [4.78, 5) is 25.2. The molecule has 5 nitrogen and oxygen atoms in total. The molecule has 1 amide bonds. The van der Waals surface area contributed by atoms with Gasteiger partial charge in [0, 0.05) is 19.3 Å². The molecule has 0 radical (unpaired) electrons. The maximum atomic E-state index is 12.4. The molecule has 0 saturated heterocycles. The third kappa shape index (κ3) is 2.17. The number of anilines is 1. The molecule has 0 spiro atoms. The predicted octanol–water partition coefficient (Wildman–Crippen LogP) is 2.29. The highest BCUT2D eigenvalue weighted by molar-refractivity contribution is 6.18. The summed E-state index contributed by atoms with van der Waals surface area (Å²) < 4.78 is 0. The van der Waals surface area contributed by atoms with Gasteiger partial charge >= 0.3 is 0 Å². The van der Waals surface area contributed by atoms with Crippen LogP contribution in [0.1, 0.15) is 43.0 Å². The summed E-state index contributed by atoms with van der Waals surface area (Å²) in [5.41, 5.74) is 0.698. The number of hydrogen-bond acceptors (Lipinski definition) is 4. The fourth-order valence-electron chi connectivity index (χ4n) is 2.78. The Morgan fingerprint density at radius 2 is 2.20 bits per heavy atom. The van der Waals surface area contributed by atoms with Gasteiger partial charge in [0.25, 0.3) is 5.91 Å². The number of pyridine rings is 1. The van der Waals surface area contributed by atoms with Crippen molar-refractivity contribution in [1.82, 2.24) is 9.88 Å². The van der Waals surface area contributed by atoms with Gasteiger partial charge in [0.15, 0.2) is 0 Å². The minimum absolute atomic E-state index is 0.0363. The Labute approximate surface area is 119 Å². The lowest BCUT2D eigenvalue weighted by Gasteiger charge is -2.34. The zero-order valence-corrected chi connectivity index (χ0v) is 11.9. The number of hydrogen-bond donors (Lipinski definition) is 0. The monoisotopic (exact) mass is 272 g/mol. The molecule has 0 unspecified atom stereocenters. The normalized spacial score (nSPS) is 17.1. The van der Waals surface area contributed by atoms with Gasteiger partial charge in [-0.25, -0.2) is 4.98 Å². The van der Waals surface area contributed by atoms with Crippen molar-refractivity contribution < 1.29 is 4.79 Å². The van der Waals surface area contributed by atoms with E-state index in [1.165, 1.54) is 19.3 Å². The topological polar surface area (TPSA) is 48.8 Å². The molecule has 3 heterocycles. The molecule has 1 aromatic rings. The highest BCUT2D eigenvalue weighted by Crippen LogP contribution is 2.28. The van der Waals surface area contributed by atoms with E-state index in [4.69, 9.17) is 0 Å². The van der Waals surface area contributed by atoms with Crippen LogP contribution < -0.4 is 4.90 Å². The van der Waals surface area contributed by atoms with E-state index in [1.807, 2.05) is 12.1 Å². The summed E-state index contributed by atoms with van der Waals surface area (Å²) in [6, 6.07) is 3.68. The van der Waals surface area contributed by atoms with E-state index in [2.05, 4.69) is 21.8 Å². The lowest BCUT2D eigenvalue weighted by atomic mass is 10.1. The summed E-state index contributed by atoms with van der Waals surface area (Å²) in [5.74, 6) is 1.60. The van der Waals surface area contributed by atoms with Crippen molar-refractivity contribution in [2.24, 2.45) is 4.99 Å². The molecule has 5 heteroatoms. The minimum atomic E-state index is 0.0363. The van der Waals surface area contributed by atoms with Crippen LogP contribution in [0, 0.1) is 0 Å². The van der Waals surface area contributed by atoms with Gasteiger partial charge in [-0.3, -0.25) is 19.6 Å². The first-order chi connectivity index (χ1) is 9.83. The van der Waals surface area contributed by atoms with E-state index in [0.29, 0.717) is 18.7 Å². The lowest BCUT2D eigenvalue weighted by Crippen LogP contribution is -2.50. The maximum absolute atomic E-state index is 12.4. The van der Waals surface area contributed by atoms with Crippen LogP contribution in [0.3, 0.4) is 0 Å². The summed E-state index contributed by atoms with van der Waals surface area (Å²) in [5, 5.41) is 0. The van der Waals surface area contributed by atoms with Crippen molar-refractivity contribution in [2.45, 2.75) is 32.6 Å². The van der Waals surface area contributed by atoms with Gasteiger partial charge in [0.05, 0.1) is 12.1 Å². The van der Waals surface area contributed by atoms with E-state index >= 15 is 0 Å². The van der Waals surface area contributed by atoms with Gasteiger partial charge in [-0.05, 0) is 18.6 Å². The molecule has 0 saturated carbocycles. The van der Waals surface area contributed by atoms with Crippen molar-refractivity contribution >= 4 is 17.7 Å². The first-order valence-corrected chi connectivity index (χ1v) is 7.42. The van der Waals surface area contributed by atoms with E-state index in [1.54, 1.807) is 11.1 Å². The molecule has 0 fully saturated rings. The molecular weight excluding hydrogens is 252 g/mol. The average molecular weight is 272 g/mol. The second-order valence-corrected chi connectivity index (χ2v) is 5.23. The standard InChI is InChI=1S/C15H20N4O/c1-2-3-4-5-10-18-13-12(7-6-8-16-13)14(20)19-11-9-17-15(18)19/h6-8H,2-5,9-11H2,1H3. The molecular formula is C15H20N4O. The number of amides is 1. The van der Waals surface area contributed by atoms with Crippen LogP contribution in [0.15, 0.2) is 23.3 Å². The quantitative estimate of drug-likeness (QED) is 0.773. The number of unbranched alkanes of at least 4 members (excludes halogenated alkanes) is 3. The summed E-state index contributed by atoms with van der Waals surface area (Å²) in [6.07, 6.45) is 6.52. The van der Waals surface area contributed by atoms with Gasteiger partial charge in [-0.1, -0.05) is 26.2 Å². The first-order valence-electron chi connectivity index (χ1n) is 7.42. The van der Waals surface area contributed by atoms with Crippen LogP contribution in [0.4, 0.5) is 5.82 Å². The lowest BCUT2D eigenvalue weighted by molar-refractivity contribution is 0.0851. The van der Waals surface area contributed by atoms with Crippen LogP contribution in [0.2, 0.25) is 0 Å². The van der Waals surface area contributed by atoms with Crippen molar-refractivity contribution in [3.8, 4) is 0 Å². The Hall–Kier alpha value is -1.91. The molecule has 0 atom stereocenters. The van der Waals surface area contributed by atoms with E-state index < -0.39 is 0 Å². The summed E-state index contributed by atoms with van der Waals surface area (Å²) >= 11 is 0. The third-order valence-electron chi connectivity index (χ3n) is 3.81. The SMILES string of the molecule is CCCCCCN1C2=NCCN2C(=O)c2cccnc21. The smallest absolute Gasteiger partial charge is 0.264 e. The zero-order valence-electron chi connectivity index (χ0n) is 11.9. The van der Waals surface area contributed by atoms with Crippen molar-refractivity contribution in [1.29, 1.82) is 0 Å². The molecule has 20 heavy (non-hydrogen) atoms. The van der Waals surface area contributed by atoms with E-state index in [0.717, 1.165) is 24.7 Å². The van der Waals surface area contributed by atoms with Crippen LogP contribution in [0.5, 0.6) is 0 Å². The van der Waals surface area contributed by atoms with E-state index in [9.17, 15) is 4.79 Å². The fraction of sp³-hybridized carbons (Fsp3) is 0.533. The zero-order chi connectivity index (χ0) is 13.9. The van der Waals surface area contributed by atoms with Crippen molar-refractivity contribution in [3.63, 3.8) is 0 Å². The maximum Gasteiger partial charge on any atom is 0.264 e. The van der Waals surface area contributed by atoms with Gasteiger partial charge in [0.2, 0.25) is 5.96 Å². The van der Waals surface area contributed by atoms with E-state index in [-0.39, 0.29) is 5.91 Å². The number of carbonyl (C=O) groups excluding carboxylic acids is 1. The Kier molecular flexibility index (Phi) is 3.67. The molecule has 0 N–H and O–H groups in total. The molecule has 0 bridgehead atoms. The summed E-state index contributed by atoms with van der Waals surface area (Å²) in [7, 11) is 0. The second kappa shape index (κ2) is 5.61. The van der Waals surface area contributed by atoms with Crippen molar-refractivity contribution in [2.75, 3.05) is 24.5 Å². The summed E-state index contributed by atoms with van der Waals surface area (Å²) in [6.45, 7) is 4.47. The number of carbonyl (C=O) groups is 1. The number of guanidine groups is 1. The Morgan fingerprint density at radius 3 is 3.05 bits per heavy atom. The predicted molar refractivity (Wildman–Crippen MR) is 79.1 cm³/mol. The second-order valence-electron chi connectivity index (χ2n) is 5.23. The van der Waals surface area contributed by atoms with Crippen LogP contribution in [-0.4, -0.2) is 41.4 Å². The molecule has 0 aliphatic carbocycles.